The van der Waals surface area contributed by atoms with Gasteiger partial charge in [-0.1, -0.05) is 0 Å². The Hall–Kier alpha value is -2.41. The van der Waals surface area contributed by atoms with Gasteiger partial charge in [0.2, 0.25) is 0 Å². The van der Waals surface area contributed by atoms with Gasteiger partial charge in [0.25, 0.3) is 5.91 Å². The second-order valence-electron chi connectivity index (χ2n) is 7.00. The van der Waals surface area contributed by atoms with Crippen LogP contribution in [-0.2, 0) is 5.60 Å². The van der Waals surface area contributed by atoms with Crippen LogP contribution in [0.5, 0.6) is 5.75 Å². The summed E-state index contributed by atoms with van der Waals surface area (Å²) in [5, 5.41) is 21.1. The van der Waals surface area contributed by atoms with Gasteiger partial charge in [-0.15, -0.1) is 0 Å². The normalized spacial score (nSPS) is 23.5. The van der Waals surface area contributed by atoms with Crippen molar-refractivity contribution in [2.75, 3.05) is 19.7 Å². The zero-order chi connectivity index (χ0) is 17.3. The van der Waals surface area contributed by atoms with Crippen molar-refractivity contribution in [2.45, 2.75) is 31.3 Å². The summed E-state index contributed by atoms with van der Waals surface area (Å²) in [7, 11) is 0. The minimum atomic E-state index is -1.14. The molecule has 1 amide bonds. The predicted molar refractivity (Wildman–Crippen MR) is 90.1 cm³/mol. The van der Waals surface area contributed by atoms with Crippen molar-refractivity contribution < 1.29 is 14.6 Å². The number of benzene rings is 1. The van der Waals surface area contributed by atoms with E-state index in [1.807, 2.05) is 12.1 Å². The maximum absolute atomic E-state index is 12.8. The number of hydrogen-bond acceptors (Lipinski definition) is 5. The number of piperidine rings is 1. The van der Waals surface area contributed by atoms with Crippen LogP contribution < -0.4 is 4.74 Å². The number of nitrogens with one attached hydrogen (secondary N) is 1. The smallest absolute Gasteiger partial charge is 0.253 e. The largest absolute Gasteiger partial charge is 0.493 e. The molecule has 2 aromatic rings. The topological polar surface area (TPSA) is 91.3 Å². The highest BCUT2D eigenvalue weighted by atomic mass is 16.5. The first kappa shape index (κ1) is 16.1. The van der Waals surface area contributed by atoms with Crippen LogP contribution in [0, 0.1) is 5.92 Å². The summed E-state index contributed by atoms with van der Waals surface area (Å²) >= 11 is 0. The molecule has 132 valence electrons. The Bertz CT molecular complexity index is 727. The number of aliphatic hydroxyl groups is 1. The van der Waals surface area contributed by atoms with Crippen molar-refractivity contribution >= 4 is 5.91 Å². The Morgan fingerprint density at radius 3 is 2.84 bits per heavy atom. The number of aromatic amines is 1. The molecule has 7 nitrogen and oxygen atoms in total. The lowest BCUT2D eigenvalue weighted by molar-refractivity contribution is -0.0320. The van der Waals surface area contributed by atoms with Crippen LogP contribution in [0.2, 0.25) is 0 Å². The summed E-state index contributed by atoms with van der Waals surface area (Å²) < 4.78 is 5.71. The van der Waals surface area contributed by atoms with Gasteiger partial charge in [-0.25, -0.2) is 0 Å². The van der Waals surface area contributed by atoms with E-state index in [0.29, 0.717) is 30.1 Å². The number of ether oxygens (including phenoxy) is 1. The van der Waals surface area contributed by atoms with Crippen LogP contribution in [0.25, 0.3) is 0 Å². The Labute approximate surface area is 146 Å². The van der Waals surface area contributed by atoms with Crippen molar-refractivity contribution in [3.8, 4) is 5.75 Å². The highest BCUT2D eigenvalue weighted by Crippen LogP contribution is 2.31. The van der Waals surface area contributed by atoms with Crippen molar-refractivity contribution in [1.29, 1.82) is 0 Å². The molecule has 2 fully saturated rings. The third-order valence-electron chi connectivity index (χ3n) is 4.93. The number of amides is 1. The van der Waals surface area contributed by atoms with E-state index >= 15 is 0 Å². The number of carbonyl (C=O) groups is 1. The molecule has 0 spiro atoms. The molecule has 4 rings (SSSR count). The molecule has 2 N–H and O–H groups in total. The van der Waals surface area contributed by atoms with Crippen LogP contribution in [0.1, 0.15) is 41.7 Å². The molecule has 7 heteroatoms. The highest BCUT2D eigenvalue weighted by molar-refractivity contribution is 5.94. The van der Waals surface area contributed by atoms with Gasteiger partial charge in [0.1, 0.15) is 17.0 Å². The molecular weight excluding hydrogens is 320 g/mol. The van der Waals surface area contributed by atoms with Crippen molar-refractivity contribution in [2.24, 2.45) is 5.92 Å². The fourth-order valence-corrected chi connectivity index (χ4v) is 3.22. The fourth-order valence-electron chi connectivity index (χ4n) is 3.22. The molecule has 1 saturated carbocycles. The number of H-pyrrole nitrogens is 1. The Balaban J connectivity index is 1.42. The predicted octanol–water partition coefficient (Wildman–Crippen LogP) is 1.72. The van der Waals surface area contributed by atoms with E-state index in [1.165, 1.54) is 19.0 Å². The number of hydrogen-bond donors (Lipinski definition) is 2. The SMILES string of the molecule is O=C(c1ccc(OCC2CC2)cc1)N1CCCC(O)(c2cn[nH]n2)C1. The zero-order valence-corrected chi connectivity index (χ0v) is 14.0. The summed E-state index contributed by atoms with van der Waals surface area (Å²) in [4.78, 5) is 14.5. The Kier molecular flexibility index (Phi) is 4.17. The summed E-state index contributed by atoms with van der Waals surface area (Å²) in [5.74, 6) is 1.40. The molecule has 1 aromatic carbocycles. The summed E-state index contributed by atoms with van der Waals surface area (Å²) in [6, 6.07) is 7.25. The standard InChI is InChI=1S/C18H22N4O3/c23-17(14-4-6-15(7-5-14)25-11-13-2-3-13)22-9-1-8-18(24,12-22)16-10-19-21-20-16/h4-7,10,13,24H,1-3,8-9,11-12H2,(H,19,20,21). The Morgan fingerprint density at radius 1 is 1.36 bits per heavy atom. The lowest BCUT2D eigenvalue weighted by Gasteiger charge is -2.38. The average molecular weight is 342 g/mol. The molecular formula is C18H22N4O3. The van der Waals surface area contributed by atoms with E-state index in [-0.39, 0.29) is 12.5 Å². The molecule has 2 heterocycles. The molecule has 1 aliphatic carbocycles. The first-order chi connectivity index (χ1) is 12.1. The third-order valence-corrected chi connectivity index (χ3v) is 4.93. The van der Waals surface area contributed by atoms with Gasteiger partial charge in [0.05, 0.1) is 19.3 Å². The summed E-state index contributed by atoms with van der Waals surface area (Å²) in [5.41, 5.74) is -0.0641. The van der Waals surface area contributed by atoms with Gasteiger partial charge in [-0.2, -0.15) is 15.4 Å². The number of rotatable bonds is 5. The highest BCUT2D eigenvalue weighted by Gasteiger charge is 2.39. The molecule has 1 atom stereocenters. The minimum absolute atomic E-state index is 0.0876. The molecule has 1 saturated heterocycles. The lowest BCUT2D eigenvalue weighted by atomic mass is 9.89. The van der Waals surface area contributed by atoms with E-state index < -0.39 is 5.60 Å². The molecule has 1 aromatic heterocycles. The first-order valence-electron chi connectivity index (χ1n) is 8.75. The maximum atomic E-state index is 12.8. The van der Waals surface area contributed by atoms with E-state index in [1.54, 1.807) is 17.0 Å². The number of aromatic nitrogens is 3. The number of carbonyl (C=O) groups excluding carboxylic acids is 1. The van der Waals surface area contributed by atoms with Gasteiger partial charge in [0, 0.05) is 12.1 Å². The van der Waals surface area contributed by atoms with Gasteiger partial charge in [-0.3, -0.25) is 4.79 Å². The maximum Gasteiger partial charge on any atom is 0.253 e. The van der Waals surface area contributed by atoms with E-state index in [4.69, 9.17) is 4.74 Å². The van der Waals surface area contributed by atoms with Gasteiger partial charge >= 0.3 is 0 Å². The molecule has 0 radical (unpaired) electrons. The quantitative estimate of drug-likeness (QED) is 0.863. The Morgan fingerprint density at radius 2 is 2.16 bits per heavy atom. The van der Waals surface area contributed by atoms with Crippen LogP contribution in [0.4, 0.5) is 0 Å². The number of likely N-dealkylation sites (tertiary alicyclic amines) is 1. The molecule has 2 aliphatic rings. The van der Waals surface area contributed by atoms with Crippen LogP contribution in [0.15, 0.2) is 30.5 Å². The zero-order valence-electron chi connectivity index (χ0n) is 14.0. The molecule has 0 bridgehead atoms. The third kappa shape index (κ3) is 3.51. The van der Waals surface area contributed by atoms with E-state index in [9.17, 15) is 9.90 Å². The van der Waals surface area contributed by atoms with Crippen molar-refractivity contribution in [3.05, 3.63) is 41.7 Å². The molecule has 25 heavy (non-hydrogen) atoms. The van der Waals surface area contributed by atoms with Crippen LogP contribution in [-0.4, -0.2) is 51.0 Å². The summed E-state index contributed by atoms with van der Waals surface area (Å²) in [6.45, 7) is 1.60. The van der Waals surface area contributed by atoms with Gasteiger partial charge in [0.15, 0.2) is 0 Å². The second kappa shape index (κ2) is 6.48. The van der Waals surface area contributed by atoms with Crippen molar-refractivity contribution in [3.63, 3.8) is 0 Å². The minimum Gasteiger partial charge on any atom is -0.493 e. The fraction of sp³-hybridized carbons (Fsp3) is 0.500. The van der Waals surface area contributed by atoms with E-state index in [0.717, 1.165) is 18.8 Å². The average Bonchev–Trinajstić information content (AvgIpc) is 3.29. The number of β-amino-alcohol motifs (C(OH)–C–C–N with tert-alkyl or cyclic N) is 1. The molecule has 1 aliphatic heterocycles. The van der Waals surface area contributed by atoms with Gasteiger partial charge < -0.3 is 14.7 Å². The number of nitrogens with zero attached hydrogens (tertiary/aromatic N) is 3. The van der Waals surface area contributed by atoms with Crippen LogP contribution >= 0.6 is 0 Å². The van der Waals surface area contributed by atoms with Crippen molar-refractivity contribution in [1.82, 2.24) is 20.3 Å². The van der Waals surface area contributed by atoms with E-state index in [2.05, 4.69) is 15.4 Å². The first-order valence-corrected chi connectivity index (χ1v) is 8.75. The lowest BCUT2D eigenvalue weighted by Crippen LogP contribution is -2.48. The molecule has 1 unspecified atom stereocenters. The monoisotopic (exact) mass is 342 g/mol. The van der Waals surface area contributed by atoms with Crippen LogP contribution in [0.3, 0.4) is 0 Å². The van der Waals surface area contributed by atoms with Gasteiger partial charge in [-0.05, 0) is 55.9 Å². The summed E-state index contributed by atoms with van der Waals surface area (Å²) in [6.07, 6.45) is 5.30. The second-order valence-corrected chi connectivity index (χ2v) is 7.00.